The van der Waals surface area contributed by atoms with E-state index < -0.39 is 5.41 Å². The van der Waals surface area contributed by atoms with Gasteiger partial charge < -0.3 is 9.30 Å². The summed E-state index contributed by atoms with van der Waals surface area (Å²) in [4.78, 5) is 0. The summed E-state index contributed by atoms with van der Waals surface area (Å²) in [6.07, 6.45) is 4.70. The van der Waals surface area contributed by atoms with Gasteiger partial charge in [-0.15, -0.1) is 0 Å². The van der Waals surface area contributed by atoms with Gasteiger partial charge in [-0.05, 0) is 82.6 Å². The van der Waals surface area contributed by atoms with Crippen molar-refractivity contribution in [1.29, 1.82) is 0 Å². The molecule has 0 saturated heterocycles. The van der Waals surface area contributed by atoms with E-state index in [-0.39, 0.29) is 6.71 Å². The van der Waals surface area contributed by atoms with Gasteiger partial charge in [-0.1, -0.05) is 127 Å². The van der Waals surface area contributed by atoms with Crippen LogP contribution in [0.3, 0.4) is 0 Å². The Morgan fingerprint density at radius 1 is 0.565 bits per heavy atom. The second-order valence-electron chi connectivity index (χ2n) is 13.0. The van der Waals surface area contributed by atoms with Gasteiger partial charge in [-0.3, -0.25) is 0 Å². The van der Waals surface area contributed by atoms with Gasteiger partial charge in [0, 0.05) is 22.8 Å². The van der Waals surface area contributed by atoms with Crippen LogP contribution in [0.2, 0.25) is 0 Å². The highest BCUT2D eigenvalue weighted by molar-refractivity contribution is 6.98. The van der Waals surface area contributed by atoms with Crippen molar-refractivity contribution in [1.82, 2.24) is 4.57 Å². The molecule has 0 bridgehead atoms. The summed E-state index contributed by atoms with van der Waals surface area (Å²) in [7, 11) is 0. The number of fused-ring (bicyclic) bond motifs is 7. The van der Waals surface area contributed by atoms with Gasteiger partial charge in [0.2, 0.25) is 0 Å². The monoisotopic (exact) mass is 589 g/mol. The molecule has 0 amide bonds. The highest BCUT2D eigenvalue weighted by Gasteiger charge is 2.51. The van der Waals surface area contributed by atoms with Gasteiger partial charge in [0.05, 0.1) is 10.9 Å². The number of hydrogen-bond acceptors (Lipinski definition) is 1. The van der Waals surface area contributed by atoms with Crippen LogP contribution in [0.4, 0.5) is 0 Å². The summed E-state index contributed by atoms with van der Waals surface area (Å²) >= 11 is 0. The minimum Gasteiger partial charge on any atom is -0.458 e. The molecule has 3 heteroatoms. The fourth-order valence-corrected chi connectivity index (χ4v) is 9.03. The van der Waals surface area contributed by atoms with Crippen molar-refractivity contribution in [2.45, 2.75) is 31.1 Å². The van der Waals surface area contributed by atoms with Gasteiger partial charge in [0.25, 0.3) is 6.71 Å². The number of benzene rings is 6. The fourth-order valence-electron chi connectivity index (χ4n) is 9.03. The lowest BCUT2D eigenvalue weighted by molar-refractivity contribution is 0.485. The molecule has 46 heavy (non-hydrogen) atoms. The third-order valence-electron chi connectivity index (χ3n) is 10.8. The van der Waals surface area contributed by atoms with Crippen molar-refractivity contribution in [3.05, 3.63) is 179 Å². The average Bonchev–Trinajstić information content (AvgIpc) is 3.47. The van der Waals surface area contributed by atoms with Crippen LogP contribution in [-0.4, -0.2) is 11.3 Å². The van der Waals surface area contributed by atoms with Crippen molar-refractivity contribution in [2.24, 2.45) is 0 Å². The highest BCUT2D eigenvalue weighted by Crippen LogP contribution is 2.49. The fraction of sp³-hybridized carbons (Fsp3) is 0.116. The quantitative estimate of drug-likeness (QED) is 0.192. The summed E-state index contributed by atoms with van der Waals surface area (Å²) < 4.78 is 9.54. The van der Waals surface area contributed by atoms with Crippen LogP contribution >= 0.6 is 0 Å². The average molecular weight is 590 g/mol. The van der Waals surface area contributed by atoms with E-state index in [4.69, 9.17) is 4.74 Å². The Morgan fingerprint density at radius 3 is 2.02 bits per heavy atom. The Bertz CT molecular complexity index is 2260. The van der Waals surface area contributed by atoms with Crippen molar-refractivity contribution in [2.75, 3.05) is 0 Å². The van der Waals surface area contributed by atoms with E-state index in [1.807, 2.05) is 0 Å². The minimum atomic E-state index is -0.533. The Morgan fingerprint density at radius 2 is 1.22 bits per heavy atom. The lowest BCUT2D eigenvalue weighted by atomic mass is 9.30. The van der Waals surface area contributed by atoms with Gasteiger partial charge in [-0.25, -0.2) is 0 Å². The van der Waals surface area contributed by atoms with E-state index in [1.54, 1.807) is 0 Å². The van der Waals surface area contributed by atoms with Crippen LogP contribution in [0.1, 0.15) is 46.4 Å². The zero-order chi connectivity index (χ0) is 30.2. The molecular weight excluding hydrogens is 557 g/mol. The number of ether oxygens (including phenoxy) is 1. The summed E-state index contributed by atoms with van der Waals surface area (Å²) in [5, 5.41) is 1.38. The zero-order valence-electron chi connectivity index (χ0n) is 25.6. The standard InChI is InChI=1S/C43H32BNO/c1-3-15-29(16-4-1)43(30-17-5-2-6-18-30)34-21-9-10-22-36(34)44-37-23-11-14-26-40(37)46-41-28-31(27-35(43)42(41)44)45-38-24-12-7-19-32(38)33-20-8-13-25-39(33)45/h1-7,9-12,14-19,21-24,26-28H,8,13,20,25H2. The van der Waals surface area contributed by atoms with E-state index in [9.17, 15) is 0 Å². The molecule has 10 rings (SSSR count). The van der Waals surface area contributed by atoms with Crippen LogP contribution < -0.4 is 21.1 Å². The normalized spacial score (nSPS) is 15.3. The first-order chi connectivity index (χ1) is 22.8. The molecule has 6 aromatic carbocycles. The third kappa shape index (κ3) is 3.43. The van der Waals surface area contributed by atoms with Gasteiger partial charge in [-0.2, -0.15) is 0 Å². The molecule has 0 unspecified atom stereocenters. The maximum absolute atomic E-state index is 6.99. The summed E-state index contributed by atoms with van der Waals surface area (Å²) in [6.45, 7) is 0.0797. The molecule has 3 heterocycles. The van der Waals surface area contributed by atoms with Gasteiger partial charge in [0.1, 0.15) is 11.5 Å². The van der Waals surface area contributed by atoms with Crippen molar-refractivity contribution >= 4 is 34.0 Å². The van der Waals surface area contributed by atoms with Crippen molar-refractivity contribution in [3.8, 4) is 17.2 Å². The van der Waals surface area contributed by atoms with Crippen LogP contribution in [0.5, 0.6) is 11.5 Å². The molecule has 2 nitrogen and oxygen atoms in total. The van der Waals surface area contributed by atoms with Gasteiger partial charge >= 0.3 is 0 Å². The molecule has 218 valence electrons. The van der Waals surface area contributed by atoms with Crippen LogP contribution in [0.25, 0.3) is 16.6 Å². The molecule has 0 fully saturated rings. The lowest BCUT2D eigenvalue weighted by Crippen LogP contribution is -2.63. The number of nitrogens with zero attached hydrogens (tertiary/aromatic N) is 1. The summed E-state index contributed by atoms with van der Waals surface area (Å²) in [5.41, 5.74) is 13.9. The predicted octanol–water partition coefficient (Wildman–Crippen LogP) is 7.83. The lowest BCUT2D eigenvalue weighted by Gasteiger charge is -2.46. The molecular formula is C43H32BNO. The SMILES string of the molecule is c1ccc(C2(c3ccccc3)c3ccccc3B3c4ccccc4Oc4cc(-n5c6c(c7ccccc75)CCCC6)cc2c43)cc1. The summed E-state index contributed by atoms with van der Waals surface area (Å²) in [6, 6.07) is 53.9. The number of hydrogen-bond donors (Lipinski definition) is 0. The number of aromatic nitrogens is 1. The zero-order valence-corrected chi connectivity index (χ0v) is 25.6. The Kier molecular flexibility index (Phi) is 5.57. The molecule has 0 spiro atoms. The highest BCUT2D eigenvalue weighted by atomic mass is 16.5. The Balaban J connectivity index is 1.39. The maximum Gasteiger partial charge on any atom is 0.251 e. The van der Waals surface area contributed by atoms with E-state index in [2.05, 4.69) is 150 Å². The first-order valence-electron chi connectivity index (χ1n) is 16.6. The first-order valence-corrected chi connectivity index (χ1v) is 16.6. The minimum absolute atomic E-state index is 0.0797. The molecule has 7 aromatic rings. The van der Waals surface area contributed by atoms with Crippen LogP contribution in [-0.2, 0) is 18.3 Å². The molecule has 3 aliphatic rings. The van der Waals surface area contributed by atoms with Crippen LogP contribution in [0.15, 0.2) is 146 Å². The molecule has 0 atom stereocenters. The first kappa shape index (κ1) is 26.0. The van der Waals surface area contributed by atoms with Crippen molar-refractivity contribution in [3.63, 3.8) is 0 Å². The molecule has 0 radical (unpaired) electrons. The van der Waals surface area contributed by atoms with Gasteiger partial charge in [0.15, 0.2) is 0 Å². The van der Waals surface area contributed by atoms with E-state index in [0.29, 0.717) is 0 Å². The Hall–Kier alpha value is -5.28. The third-order valence-corrected chi connectivity index (χ3v) is 10.8. The number of aryl methyl sites for hydroxylation is 1. The summed E-state index contributed by atoms with van der Waals surface area (Å²) in [5.74, 6) is 1.91. The molecule has 1 aliphatic carbocycles. The number of para-hydroxylation sites is 2. The largest absolute Gasteiger partial charge is 0.458 e. The maximum atomic E-state index is 6.99. The van der Waals surface area contributed by atoms with E-state index >= 15 is 0 Å². The molecule has 1 aromatic heterocycles. The van der Waals surface area contributed by atoms with E-state index in [1.165, 1.54) is 79.3 Å². The molecule has 0 N–H and O–H groups in total. The number of rotatable bonds is 3. The van der Waals surface area contributed by atoms with Crippen molar-refractivity contribution < 1.29 is 4.74 Å². The Labute approximate surface area is 270 Å². The smallest absolute Gasteiger partial charge is 0.251 e. The van der Waals surface area contributed by atoms with Crippen LogP contribution in [0, 0.1) is 0 Å². The second-order valence-corrected chi connectivity index (χ2v) is 13.0. The molecule has 0 saturated carbocycles. The van der Waals surface area contributed by atoms with E-state index in [0.717, 1.165) is 24.3 Å². The molecule has 2 aliphatic heterocycles. The topological polar surface area (TPSA) is 14.2 Å². The second kappa shape index (κ2) is 9.86. The predicted molar refractivity (Wildman–Crippen MR) is 189 cm³/mol.